The van der Waals surface area contributed by atoms with Crippen LogP contribution in [0.4, 0.5) is 0 Å². The van der Waals surface area contributed by atoms with Crippen molar-refractivity contribution in [2.45, 2.75) is 26.3 Å². The molecule has 1 fully saturated rings. The van der Waals surface area contributed by atoms with Crippen LogP contribution in [-0.2, 0) is 11.3 Å². The molecule has 0 spiro atoms. The second kappa shape index (κ2) is 10.6. The van der Waals surface area contributed by atoms with Gasteiger partial charge in [0.15, 0.2) is 0 Å². The Labute approximate surface area is 178 Å². The van der Waals surface area contributed by atoms with E-state index >= 15 is 0 Å². The van der Waals surface area contributed by atoms with E-state index in [-0.39, 0.29) is 5.92 Å². The van der Waals surface area contributed by atoms with E-state index in [0.29, 0.717) is 30.5 Å². The fraction of sp³-hybridized carbons (Fsp3) is 0.333. The number of nitrogens with two attached hydrogens (primary N) is 2. The minimum atomic E-state index is 0.182. The van der Waals surface area contributed by atoms with Gasteiger partial charge in [0.1, 0.15) is 5.75 Å². The van der Waals surface area contributed by atoms with Crippen LogP contribution in [0.15, 0.2) is 53.3 Å². The largest absolute Gasteiger partial charge is 0.439 e. The molecule has 0 aliphatic carbocycles. The van der Waals surface area contributed by atoms with Crippen molar-refractivity contribution in [1.82, 2.24) is 4.98 Å². The van der Waals surface area contributed by atoms with E-state index in [4.69, 9.17) is 20.9 Å². The first-order chi connectivity index (χ1) is 14.6. The molecule has 30 heavy (non-hydrogen) atoms. The maximum Gasteiger partial charge on any atom is 0.216 e. The van der Waals surface area contributed by atoms with Crippen LogP contribution >= 0.6 is 0 Å². The number of hydrogen-bond donors (Lipinski definition) is 2. The first-order valence-corrected chi connectivity index (χ1v) is 10.1. The Morgan fingerprint density at radius 3 is 2.87 bits per heavy atom. The molecular weight excluding hydrogens is 376 g/mol. The second-order valence-electron chi connectivity index (χ2n) is 7.06. The van der Waals surface area contributed by atoms with E-state index in [9.17, 15) is 0 Å². The Morgan fingerprint density at radius 1 is 1.37 bits per heavy atom. The quantitative estimate of drug-likeness (QED) is 0.453. The third-order valence-electron chi connectivity index (χ3n) is 4.94. The summed E-state index contributed by atoms with van der Waals surface area (Å²) in [5, 5.41) is 0. The second-order valence-corrected chi connectivity index (χ2v) is 7.06. The van der Waals surface area contributed by atoms with Gasteiger partial charge in [0, 0.05) is 55.2 Å². The van der Waals surface area contributed by atoms with Crippen molar-refractivity contribution in [2.24, 2.45) is 22.4 Å². The number of rotatable bonds is 5. The first kappa shape index (κ1) is 21.6. The molecule has 1 aliphatic heterocycles. The Hall–Kier alpha value is -3.14. The maximum absolute atomic E-state index is 6.31. The average molecular weight is 405 g/mol. The summed E-state index contributed by atoms with van der Waals surface area (Å²) >= 11 is 0. The van der Waals surface area contributed by atoms with Crippen molar-refractivity contribution < 1.29 is 9.47 Å². The van der Waals surface area contributed by atoms with Crippen molar-refractivity contribution in [1.29, 1.82) is 0 Å². The van der Waals surface area contributed by atoms with Gasteiger partial charge in [-0.1, -0.05) is 12.0 Å². The van der Waals surface area contributed by atoms with Crippen molar-refractivity contribution in [3.63, 3.8) is 0 Å². The number of hydrogen-bond acceptors (Lipinski definition) is 6. The van der Waals surface area contributed by atoms with E-state index in [1.54, 1.807) is 26.2 Å². The molecule has 1 saturated heterocycles. The van der Waals surface area contributed by atoms with E-state index in [1.807, 2.05) is 30.3 Å². The summed E-state index contributed by atoms with van der Waals surface area (Å²) in [5.74, 6) is 7.21. The molecule has 3 rings (SSSR count). The minimum Gasteiger partial charge on any atom is -0.439 e. The Kier molecular flexibility index (Phi) is 7.61. The summed E-state index contributed by atoms with van der Waals surface area (Å²) in [4.78, 5) is 8.81. The van der Waals surface area contributed by atoms with Gasteiger partial charge in [-0.05, 0) is 49.6 Å². The van der Waals surface area contributed by atoms with Crippen LogP contribution in [0.25, 0.3) is 11.3 Å². The number of aliphatic imine (C=N–C) groups is 1. The molecule has 1 aliphatic rings. The zero-order valence-electron chi connectivity index (χ0n) is 17.5. The average Bonchev–Trinajstić information content (AvgIpc) is 2.79. The van der Waals surface area contributed by atoms with Crippen LogP contribution in [0.5, 0.6) is 5.75 Å². The fourth-order valence-electron chi connectivity index (χ4n) is 3.26. The molecule has 2 aromatic rings. The minimum absolute atomic E-state index is 0.182. The van der Waals surface area contributed by atoms with Gasteiger partial charge in [0.25, 0.3) is 0 Å². The Balaban J connectivity index is 1.92. The van der Waals surface area contributed by atoms with Gasteiger partial charge in [-0.2, -0.15) is 0 Å². The molecule has 0 bridgehead atoms. The van der Waals surface area contributed by atoms with Crippen molar-refractivity contribution >= 4 is 5.90 Å². The highest BCUT2D eigenvalue weighted by atomic mass is 16.5. The topological polar surface area (TPSA) is 95.8 Å². The van der Waals surface area contributed by atoms with Crippen LogP contribution in [0, 0.1) is 17.8 Å². The highest BCUT2D eigenvalue weighted by Crippen LogP contribution is 2.30. The smallest absolute Gasteiger partial charge is 0.216 e. The molecule has 6 heteroatoms. The monoisotopic (exact) mass is 404 g/mol. The molecule has 156 valence electrons. The first-order valence-electron chi connectivity index (χ1n) is 10.1. The highest BCUT2D eigenvalue weighted by molar-refractivity contribution is 5.91. The SMILES string of the molecule is CC#Cc1ccc(-c2ccc(CN)cn2)c(OC(C=C(N)C2CCCOC2)=NC)c1. The summed E-state index contributed by atoms with van der Waals surface area (Å²) in [6, 6.07) is 9.69. The van der Waals surface area contributed by atoms with Crippen molar-refractivity contribution in [3.05, 3.63) is 59.4 Å². The highest BCUT2D eigenvalue weighted by Gasteiger charge is 2.18. The predicted molar refractivity (Wildman–Crippen MR) is 120 cm³/mol. The molecule has 1 unspecified atom stereocenters. The zero-order chi connectivity index (χ0) is 21.3. The van der Waals surface area contributed by atoms with Crippen LogP contribution in [-0.4, -0.2) is 31.1 Å². The lowest BCUT2D eigenvalue weighted by Gasteiger charge is -2.22. The van der Waals surface area contributed by atoms with Gasteiger partial charge in [-0.3, -0.25) is 9.98 Å². The molecule has 6 nitrogen and oxygen atoms in total. The molecule has 1 aromatic heterocycles. The van der Waals surface area contributed by atoms with Crippen LogP contribution in [0.2, 0.25) is 0 Å². The normalized spacial score (nSPS) is 17.2. The lowest BCUT2D eigenvalue weighted by Crippen LogP contribution is -2.24. The van der Waals surface area contributed by atoms with Crippen molar-refractivity contribution in [3.8, 4) is 28.8 Å². The predicted octanol–water partition coefficient (Wildman–Crippen LogP) is 3.26. The molecule has 2 heterocycles. The molecule has 1 atom stereocenters. The number of benzene rings is 1. The van der Waals surface area contributed by atoms with Gasteiger partial charge in [-0.25, -0.2) is 0 Å². The van der Waals surface area contributed by atoms with Crippen LogP contribution in [0.1, 0.15) is 30.9 Å². The van der Waals surface area contributed by atoms with Gasteiger partial charge in [-0.15, -0.1) is 5.92 Å². The molecule has 0 radical (unpaired) electrons. The lowest BCUT2D eigenvalue weighted by molar-refractivity contribution is 0.0669. The van der Waals surface area contributed by atoms with E-state index in [1.165, 1.54) is 0 Å². The molecule has 0 amide bonds. The summed E-state index contributed by atoms with van der Waals surface area (Å²) in [7, 11) is 1.68. The Morgan fingerprint density at radius 2 is 2.23 bits per heavy atom. The fourth-order valence-corrected chi connectivity index (χ4v) is 3.26. The third-order valence-corrected chi connectivity index (χ3v) is 4.94. The van der Waals surface area contributed by atoms with Crippen LogP contribution < -0.4 is 16.2 Å². The van der Waals surface area contributed by atoms with Gasteiger partial charge in [0.05, 0.1) is 12.3 Å². The lowest BCUT2D eigenvalue weighted by atomic mass is 9.98. The third kappa shape index (κ3) is 5.47. The molecule has 1 aromatic carbocycles. The molecule has 0 saturated carbocycles. The van der Waals surface area contributed by atoms with E-state index < -0.39 is 0 Å². The van der Waals surface area contributed by atoms with E-state index in [0.717, 1.165) is 41.8 Å². The summed E-state index contributed by atoms with van der Waals surface area (Å²) in [5.41, 5.74) is 16.2. The van der Waals surface area contributed by atoms with Gasteiger partial charge in [0.2, 0.25) is 5.90 Å². The molecule has 4 N–H and O–H groups in total. The standard InChI is InChI=1S/C24H28N4O2/c1-3-5-17-7-9-20(22-10-8-18(14-25)15-28-22)23(12-17)30-24(27-2)13-21(26)19-6-4-11-29-16-19/h7-10,12-13,15,19H,4,6,11,14,16,25-26H2,1-2H3. The number of nitrogens with zero attached hydrogens (tertiary/aromatic N) is 2. The zero-order valence-corrected chi connectivity index (χ0v) is 17.5. The molecular formula is C24H28N4O2. The van der Waals surface area contributed by atoms with Gasteiger partial charge >= 0.3 is 0 Å². The number of pyridine rings is 1. The number of ether oxygens (including phenoxy) is 2. The maximum atomic E-state index is 6.31. The van der Waals surface area contributed by atoms with Crippen LogP contribution in [0.3, 0.4) is 0 Å². The van der Waals surface area contributed by atoms with Gasteiger partial charge < -0.3 is 20.9 Å². The summed E-state index contributed by atoms with van der Waals surface area (Å²) < 4.78 is 11.7. The summed E-state index contributed by atoms with van der Waals surface area (Å²) in [6.45, 7) is 3.67. The number of aromatic nitrogens is 1. The van der Waals surface area contributed by atoms with E-state index in [2.05, 4.69) is 21.8 Å². The van der Waals surface area contributed by atoms with Crippen molar-refractivity contribution in [2.75, 3.05) is 20.3 Å². The Bertz CT molecular complexity index is 979. The summed E-state index contributed by atoms with van der Waals surface area (Å²) in [6.07, 6.45) is 5.56.